The van der Waals surface area contributed by atoms with Crippen molar-refractivity contribution in [3.63, 3.8) is 0 Å². The number of hydrogen-bond acceptors (Lipinski definition) is 7. The lowest BCUT2D eigenvalue weighted by Gasteiger charge is -2.22. The molecule has 2 N–H and O–H groups in total. The highest BCUT2D eigenvalue weighted by Crippen LogP contribution is 2.42. The normalized spacial score (nSPS) is 15.6. The topological polar surface area (TPSA) is 120 Å². The summed E-state index contributed by atoms with van der Waals surface area (Å²) in [4.78, 5) is 13.6. The van der Waals surface area contributed by atoms with E-state index in [4.69, 9.17) is 14.1 Å². The monoisotopic (exact) mass is 394 g/mol. The van der Waals surface area contributed by atoms with E-state index < -0.39 is 35.9 Å². The van der Waals surface area contributed by atoms with Crippen LogP contribution < -0.4 is 9.97 Å². The fourth-order valence-corrected chi connectivity index (χ4v) is 4.40. The summed E-state index contributed by atoms with van der Waals surface area (Å²) in [6.07, 6.45) is -0.806. The van der Waals surface area contributed by atoms with Crippen LogP contribution in [0, 0.1) is 0 Å². The fourth-order valence-electron chi connectivity index (χ4n) is 1.70. The maximum Gasteiger partial charge on any atom is 0.323 e. The molecule has 1 aromatic carbocycles. The van der Waals surface area contributed by atoms with Gasteiger partial charge in [-0.15, -0.1) is 0 Å². The highest BCUT2D eigenvalue weighted by Gasteiger charge is 2.32. The van der Waals surface area contributed by atoms with E-state index >= 15 is 0 Å². The molecule has 2 atom stereocenters. The molecule has 1 rings (SSSR count). The average molecular weight is 394 g/mol. The second-order valence-electron chi connectivity index (χ2n) is 5.42. The van der Waals surface area contributed by atoms with Gasteiger partial charge in [-0.2, -0.15) is 0 Å². The Morgan fingerprint density at radius 3 is 2.32 bits per heavy atom. The molecular weight excluding hydrogens is 371 g/mol. The molecule has 0 bridgehead atoms. The molecule has 0 saturated carbocycles. The van der Waals surface area contributed by atoms with Gasteiger partial charge < -0.3 is 9.47 Å². The summed E-state index contributed by atoms with van der Waals surface area (Å²) in [5.41, 5.74) is 0. The van der Waals surface area contributed by atoms with Gasteiger partial charge in [0.05, 0.1) is 11.0 Å². The van der Waals surface area contributed by atoms with E-state index in [0.29, 0.717) is 0 Å². The highest BCUT2D eigenvalue weighted by atomic mass is 32.2. The molecule has 11 heteroatoms. The highest BCUT2D eigenvalue weighted by molar-refractivity contribution is 7.89. The van der Waals surface area contributed by atoms with Crippen molar-refractivity contribution in [2.24, 2.45) is 0 Å². The summed E-state index contributed by atoms with van der Waals surface area (Å²) in [6.45, 7) is 4.76. The second kappa shape index (κ2) is 9.42. The van der Waals surface area contributed by atoms with Crippen molar-refractivity contribution in [1.29, 1.82) is 0 Å². The minimum atomic E-state index is -4.04. The summed E-state index contributed by atoms with van der Waals surface area (Å²) in [7, 11) is -6.63. The molecule has 0 aliphatic rings. The Morgan fingerprint density at radius 2 is 1.80 bits per heavy atom. The average Bonchev–Trinajstić information content (AvgIpc) is 2.53. The van der Waals surface area contributed by atoms with Crippen LogP contribution in [-0.4, -0.2) is 40.0 Å². The first-order valence-electron chi connectivity index (χ1n) is 7.41. The maximum atomic E-state index is 12.7. The van der Waals surface area contributed by atoms with Crippen LogP contribution in [-0.2, 0) is 33.5 Å². The molecule has 0 saturated heterocycles. The molecule has 0 aliphatic heterocycles. The summed E-state index contributed by atoms with van der Waals surface area (Å²) >= 11 is 0. The number of carbonyl (C=O) groups excluding carboxylic acids is 1. The number of esters is 1. The lowest BCUT2D eigenvalue weighted by Crippen LogP contribution is -2.37. The number of benzene rings is 1. The van der Waals surface area contributed by atoms with Crippen molar-refractivity contribution >= 4 is 23.5 Å². The number of carbonyl (C=O) groups is 1. The van der Waals surface area contributed by atoms with Crippen LogP contribution in [0.15, 0.2) is 35.2 Å². The van der Waals surface area contributed by atoms with Crippen molar-refractivity contribution in [2.45, 2.75) is 37.8 Å². The molecule has 0 amide bonds. The quantitative estimate of drug-likeness (QED) is 0.349. The molecule has 0 aromatic heterocycles. The molecule has 0 aliphatic carbocycles. The van der Waals surface area contributed by atoms with Gasteiger partial charge in [-0.1, -0.05) is 23.1 Å². The predicted molar refractivity (Wildman–Crippen MR) is 91.2 cm³/mol. The number of sulfonamides is 1. The molecule has 1 unspecified atom stereocenters. The summed E-state index contributed by atoms with van der Waals surface area (Å²) in [5, 5.41) is 2.43. The Morgan fingerprint density at radius 1 is 1.20 bits per heavy atom. The molecule has 0 fully saturated rings. The van der Waals surface area contributed by atoms with Crippen molar-refractivity contribution in [3.8, 4) is 0 Å². The predicted octanol–water partition coefficient (Wildman–Crippen LogP) is 1.62. The Bertz CT molecular complexity index is 709. The molecule has 0 spiro atoms. The lowest BCUT2D eigenvalue weighted by molar-refractivity contribution is -0.149. The van der Waals surface area contributed by atoms with Crippen molar-refractivity contribution < 1.29 is 31.9 Å². The summed E-state index contributed by atoms with van der Waals surface area (Å²) in [5.74, 6) is -0.652. The Kier molecular flexibility index (Phi) is 8.20. The Hall–Kier alpha value is -1.29. The molecule has 0 radical (unpaired) electrons. The third-order valence-electron chi connectivity index (χ3n) is 2.74. The third kappa shape index (κ3) is 7.23. The van der Waals surface area contributed by atoms with Crippen molar-refractivity contribution in [2.75, 3.05) is 13.5 Å². The van der Waals surface area contributed by atoms with Crippen LogP contribution in [0.2, 0.25) is 0 Å². The number of hydrogen-bond donors (Lipinski definition) is 2. The van der Waals surface area contributed by atoms with Crippen molar-refractivity contribution in [3.05, 3.63) is 30.3 Å². The van der Waals surface area contributed by atoms with Crippen LogP contribution in [0.1, 0.15) is 20.8 Å². The van der Waals surface area contributed by atoms with E-state index in [9.17, 15) is 17.8 Å². The van der Waals surface area contributed by atoms with Crippen molar-refractivity contribution in [1.82, 2.24) is 9.97 Å². The smallest absolute Gasteiger partial charge is 0.323 e. The number of nitrogens with one attached hydrogen (secondary N) is 2. The van der Waals surface area contributed by atoms with E-state index in [-0.39, 0.29) is 11.0 Å². The largest absolute Gasteiger partial charge is 0.462 e. The van der Waals surface area contributed by atoms with Crippen LogP contribution >= 0.6 is 7.52 Å². The number of ether oxygens (including phenoxy) is 2. The fraction of sp³-hybridized carbons (Fsp3) is 0.500. The Balaban J connectivity index is 2.81. The zero-order valence-electron chi connectivity index (χ0n) is 14.5. The van der Waals surface area contributed by atoms with E-state index in [1.165, 1.54) is 38.3 Å². The molecule has 9 nitrogen and oxygen atoms in total. The first-order chi connectivity index (χ1) is 11.6. The second-order valence-corrected chi connectivity index (χ2v) is 9.11. The number of methoxy groups -OCH3 is 1. The molecule has 1 aromatic rings. The van der Waals surface area contributed by atoms with Gasteiger partial charge in [0.15, 0.2) is 0 Å². The van der Waals surface area contributed by atoms with E-state index in [0.717, 1.165) is 0 Å². The van der Waals surface area contributed by atoms with Gasteiger partial charge in [-0.25, -0.2) is 18.1 Å². The SMILES string of the molecule is COCP(=O)(N[C@@H](C)C(=O)OC(C)C)ONS(=O)(=O)c1ccccc1. The Labute approximate surface area is 147 Å². The number of rotatable bonds is 10. The van der Waals surface area contributed by atoms with Crippen LogP contribution in [0.25, 0.3) is 0 Å². The van der Waals surface area contributed by atoms with E-state index in [1.54, 1.807) is 24.8 Å². The first kappa shape index (κ1) is 21.8. The van der Waals surface area contributed by atoms with E-state index in [2.05, 4.69) is 5.09 Å². The van der Waals surface area contributed by atoms with E-state index in [1.807, 2.05) is 0 Å². The van der Waals surface area contributed by atoms with Gasteiger partial charge in [-0.3, -0.25) is 9.36 Å². The minimum Gasteiger partial charge on any atom is -0.462 e. The summed E-state index contributed by atoms with van der Waals surface area (Å²) < 4.78 is 51.6. The molecule has 142 valence electrons. The lowest BCUT2D eigenvalue weighted by atomic mass is 10.4. The zero-order valence-corrected chi connectivity index (χ0v) is 16.2. The molecular formula is C14H23N2O7PS. The van der Waals surface area contributed by atoms with Crippen LogP contribution in [0.5, 0.6) is 0 Å². The minimum absolute atomic E-state index is 0.0637. The molecule has 25 heavy (non-hydrogen) atoms. The maximum absolute atomic E-state index is 12.7. The standard InChI is InChI=1S/C14H23N2O7PS/c1-11(2)22-14(17)12(3)15-24(18,10-21-4)23-16-25(19,20)13-8-6-5-7-9-13/h5-9,11-12,16H,10H2,1-4H3,(H,15,18)/t12-,24?/m0/s1. The zero-order chi connectivity index (χ0) is 19.1. The molecule has 0 heterocycles. The van der Waals surface area contributed by atoms with Gasteiger partial charge in [0.25, 0.3) is 10.0 Å². The van der Waals surface area contributed by atoms with Crippen LogP contribution in [0.4, 0.5) is 0 Å². The van der Waals surface area contributed by atoms with Gasteiger partial charge in [-0.05, 0) is 32.9 Å². The van der Waals surface area contributed by atoms with Gasteiger partial charge in [0.1, 0.15) is 12.4 Å². The van der Waals surface area contributed by atoms with Gasteiger partial charge in [0.2, 0.25) is 0 Å². The third-order valence-corrected chi connectivity index (χ3v) is 5.83. The van der Waals surface area contributed by atoms with Gasteiger partial charge in [0, 0.05) is 7.11 Å². The van der Waals surface area contributed by atoms with Crippen LogP contribution in [0.3, 0.4) is 0 Å². The summed E-state index contributed by atoms with van der Waals surface area (Å²) in [6, 6.07) is 6.42. The van der Waals surface area contributed by atoms with Gasteiger partial charge >= 0.3 is 13.5 Å². The first-order valence-corrected chi connectivity index (χ1v) is 10.7.